The number of rotatable bonds is 3. The lowest BCUT2D eigenvalue weighted by atomic mass is 10.00. The molecule has 0 amide bonds. The quantitative estimate of drug-likeness (QED) is 0.791. The van der Waals surface area contributed by atoms with Gasteiger partial charge in [-0.1, -0.05) is 23.7 Å². The molecule has 1 rings (SSSR count). The van der Waals surface area contributed by atoms with Crippen molar-refractivity contribution in [1.82, 2.24) is 0 Å². The molecule has 0 fully saturated rings. The van der Waals surface area contributed by atoms with Gasteiger partial charge in [0.25, 0.3) is 0 Å². The van der Waals surface area contributed by atoms with Gasteiger partial charge in [-0.15, -0.1) is 19.0 Å². The maximum Gasteiger partial charge on any atom is 0.0408 e. The van der Waals surface area contributed by atoms with Crippen LogP contribution in [0.2, 0.25) is 5.02 Å². The number of halogens is 2. The summed E-state index contributed by atoms with van der Waals surface area (Å²) in [6.07, 6.45) is 2.63. The minimum absolute atomic E-state index is 0. The Morgan fingerprint density at radius 1 is 1.57 bits per heavy atom. The summed E-state index contributed by atoms with van der Waals surface area (Å²) in [7, 11) is 0. The minimum Gasteiger partial charge on any atom is -0.324 e. The van der Waals surface area contributed by atoms with Crippen LogP contribution in [0, 0.1) is 6.92 Å². The van der Waals surface area contributed by atoms with Gasteiger partial charge in [0.15, 0.2) is 0 Å². The van der Waals surface area contributed by atoms with Gasteiger partial charge in [0.2, 0.25) is 0 Å². The van der Waals surface area contributed by atoms with E-state index in [9.17, 15) is 0 Å². The molecule has 2 N–H and O–H groups in total. The molecule has 0 spiro atoms. The molecule has 0 aliphatic rings. The van der Waals surface area contributed by atoms with Gasteiger partial charge < -0.3 is 5.73 Å². The molecule has 0 saturated heterocycles. The molecule has 0 unspecified atom stereocenters. The summed E-state index contributed by atoms with van der Waals surface area (Å²) >= 11 is 5.84. The van der Waals surface area contributed by atoms with Crippen LogP contribution in [-0.2, 0) is 0 Å². The molecule has 1 atom stereocenters. The molecule has 0 bridgehead atoms. The third-order valence-electron chi connectivity index (χ3n) is 2.05. The highest BCUT2D eigenvalue weighted by atomic mass is 35.5. The molecule has 0 aliphatic heterocycles. The van der Waals surface area contributed by atoms with E-state index in [0.717, 1.165) is 22.6 Å². The van der Waals surface area contributed by atoms with E-state index in [2.05, 4.69) is 6.58 Å². The van der Waals surface area contributed by atoms with Crippen molar-refractivity contribution in [2.75, 3.05) is 0 Å². The van der Waals surface area contributed by atoms with E-state index in [1.165, 1.54) is 0 Å². The Labute approximate surface area is 96.4 Å². The van der Waals surface area contributed by atoms with E-state index in [0.29, 0.717) is 0 Å². The molecule has 0 heterocycles. The van der Waals surface area contributed by atoms with E-state index >= 15 is 0 Å². The largest absolute Gasteiger partial charge is 0.324 e. The van der Waals surface area contributed by atoms with E-state index in [1.54, 1.807) is 0 Å². The molecule has 0 saturated carbocycles. The Kier molecular flexibility index (Phi) is 5.86. The van der Waals surface area contributed by atoms with Gasteiger partial charge in [-0.3, -0.25) is 0 Å². The maximum atomic E-state index is 5.94. The van der Waals surface area contributed by atoms with Crippen LogP contribution in [-0.4, -0.2) is 0 Å². The fourth-order valence-electron chi connectivity index (χ4n) is 1.36. The molecule has 0 aromatic heterocycles. The highest BCUT2D eigenvalue weighted by Crippen LogP contribution is 2.21. The average Bonchev–Trinajstić information content (AvgIpc) is 2.04. The molecule has 1 aromatic carbocycles. The van der Waals surface area contributed by atoms with Crippen LogP contribution in [0.25, 0.3) is 0 Å². The lowest BCUT2D eigenvalue weighted by molar-refractivity contribution is 0.736. The topological polar surface area (TPSA) is 26.0 Å². The van der Waals surface area contributed by atoms with E-state index < -0.39 is 0 Å². The SMILES string of the molecule is C=CC[C@@H](N)c1ccc(Cl)cc1C.Cl. The summed E-state index contributed by atoms with van der Waals surface area (Å²) in [5.41, 5.74) is 8.23. The third kappa shape index (κ3) is 3.33. The zero-order chi connectivity index (χ0) is 9.84. The Bertz CT molecular complexity index is 310. The second-order valence-electron chi connectivity index (χ2n) is 3.13. The van der Waals surface area contributed by atoms with Crippen molar-refractivity contribution < 1.29 is 0 Å². The van der Waals surface area contributed by atoms with Crippen LogP contribution in [0.15, 0.2) is 30.9 Å². The summed E-state index contributed by atoms with van der Waals surface area (Å²) < 4.78 is 0. The van der Waals surface area contributed by atoms with E-state index in [1.807, 2.05) is 31.2 Å². The van der Waals surface area contributed by atoms with Crippen LogP contribution >= 0.6 is 24.0 Å². The van der Waals surface area contributed by atoms with Gasteiger partial charge in [0.1, 0.15) is 0 Å². The Hall–Kier alpha value is -0.500. The van der Waals surface area contributed by atoms with E-state index in [-0.39, 0.29) is 18.4 Å². The van der Waals surface area contributed by atoms with Crippen molar-refractivity contribution in [2.45, 2.75) is 19.4 Å². The zero-order valence-electron chi connectivity index (χ0n) is 8.16. The first kappa shape index (κ1) is 13.5. The van der Waals surface area contributed by atoms with Gasteiger partial charge in [-0.05, 0) is 36.6 Å². The molecular weight excluding hydrogens is 217 g/mol. The monoisotopic (exact) mass is 231 g/mol. The summed E-state index contributed by atoms with van der Waals surface area (Å²) in [5.74, 6) is 0. The smallest absolute Gasteiger partial charge is 0.0408 e. The van der Waals surface area contributed by atoms with Gasteiger partial charge in [-0.2, -0.15) is 0 Å². The minimum atomic E-state index is 0. The average molecular weight is 232 g/mol. The molecule has 0 aliphatic carbocycles. The van der Waals surface area contributed by atoms with Gasteiger partial charge in [0.05, 0.1) is 0 Å². The number of hydrogen-bond donors (Lipinski definition) is 1. The first-order valence-corrected chi connectivity index (χ1v) is 4.65. The summed E-state index contributed by atoms with van der Waals surface area (Å²) in [5, 5.41) is 0.757. The molecule has 14 heavy (non-hydrogen) atoms. The Morgan fingerprint density at radius 3 is 2.71 bits per heavy atom. The molecule has 1 aromatic rings. The fraction of sp³-hybridized carbons (Fsp3) is 0.273. The van der Waals surface area contributed by atoms with Gasteiger partial charge in [0, 0.05) is 11.1 Å². The summed E-state index contributed by atoms with van der Waals surface area (Å²) in [6.45, 7) is 5.69. The van der Waals surface area contributed by atoms with Crippen molar-refractivity contribution >= 4 is 24.0 Å². The van der Waals surface area contributed by atoms with Crippen LogP contribution < -0.4 is 5.73 Å². The van der Waals surface area contributed by atoms with Gasteiger partial charge >= 0.3 is 0 Å². The number of nitrogens with two attached hydrogens (primary N) is 1. The first-order chi connectivity index (χ1) is 6.15. The number of benzene rings is 1. The van der Waals surface area contributed by atoms with Crippen LogP contribution in [0.5, 0.6) is 0 Å². The van der Waals surface area contributed by atoms with Crippen molar-refractivity contribution in [3.8, 4) is 0 Å². The Morgan fingerprint density at radius 2 is 2.21 bits per heavy atom. The molecule has 1 nitrogen and oxygen atoms in total. The zero-order valence-corrected chi connectivity index (χ0v) is 9.74. The predicted molar refractivity (Wildman–Crippen MR) is 65.2 cm³/mol. The molecule has 0 radical (unpaired) electrons. The fourth-order valence-corrected chi connectivity index (χ4v) is 1.59. The Balaban J connectivity index is 0.00000169. The van der Waals surface area contributed by atoms with Crippen molar-refractivity contribution in [2.24, 2.45) is 5.73 Å². The summed E-state index contributed by atoms with van der Waals surface area (Å²) in [4.78, 5) is 0. The van der Waals surface area contributed by atoms with Gasteiger partial charge in [-0.25, -0.2) is 0 Å². The van der Waals surface area contributed by atoms with Crippen LogP contribution in [0.3, 0.4) is 0 Å². The lowest BCUT2D eigenvalue weighted by Gasteiger charge is -2.12. The molecule has 78 valence electrons. The molecule has 3 heteroatoms. The number of hydrogen-bond acceptors (Lipinski definition) is 1. The lowest BCUT2D eigenvalue weighted by Crippen LogP contribution is -2.10. The normalized spacial score (nSPS) is 11.6. The third-order valence-corrected chi connectivity index (χ3v) is 2.29. The van der Waals surface area contributed by atoms with Crippen LogP contribution in [0.1, 0.15) is 23.6 Å². The summed E-state index contributed by atoms with van der Waals surface area (Å²) in [6, 6.07) is 5.81. The van der Waals surface area contributed by atoms with Crippen molar-refractivity contribution in [3.05, 3.63) is 47.0 Å². The van der Waals surface area contributed by atoms with E-state index in [4.69, 9.17) is 17.3 Å². The second-order valence-corrected chi connectivity index (χ2v) is 3.57. The standard InChI is InChI=1S/C11H14ClN.ClH/c1-3-4-11(13)10-6-5-9(12)7-8(10)2;/h3,5-7,11H,1,4,13H2,2H3;1H/t11-;/m1./s1. The molecular formula is C11H15Cl2N. The maximum absolute atomic E-state index is 5.94. The predicted octanol–water partition coefficient (Wildman–Crippen LogP) is 3.65. The highest BCUT2D eigenvalue weighted by Gasteiger charge is 2.06. The van der Waals surface area contributed by atoms with Crippen molar-refractivity contribution in [1.29, 1.82) is 0 Å². The number of aryl methyl sites for hydroxylation is 1. The van der Waals surface area contributed by atoms with Crippen LogP contribution in [0.4, 0.5) is 0 Å². The highest BCUT2D eigenvalue weighted by molar-refractivity contribution is 6.30. The first-order valence-electron chi connectivity index (χ1n) is 4.27. The second kappa shape index (κ2) is 6.07. The van der Waals surface area contributed by atoms with Crippen molar-refractivity contribution in [3.63, 3.8) is 0 Å².